The molecule has 0 aromatic heterocycles. The van der Waals surface area contributed by atoms with Crippen LogP contribution in [0.1, 0.15) is 122 Å². The second-order valence-electron chi connectivity index (χ2n) is 36.0. The third-order valence-corrected chi connectivity index (χ3v) is 31.4. The number of phenolic OH excluding ortho intramolecular Hbond substituents is 4. The highest BCUT2D eigenvalue weighted by Crippen LogP contribution is 2.71. The Morgan fingerprint density at radius 2 is 0.575 bits per heavy atom. The monoisotopic (exact) mass is 1560 g/mol. The van der Waals surface area contributed by atoms with Gasteiger partial charge in [0.1, 0.15) is 24.4 Å². The van der Waals surface area contributed by atoms with Crippen molar-refractivity contribution < 1.29 is 97.7 Å². The van der Waals surface area contributed by atoms with E-state index in [1.54, 1.807) is 24.3 Å². The van der Waals surface area contributed by atoms with Gasteiger partial charge in [-0.05, 0) is 175 Å². The van der Waals surface area contributed by atoms with Crippen molar-refractivity contribution >= 4 is 0 Å². The van der Waals surface area contributed by atoms with Crippen molar-refractivity contribution in [2.24, 2.45) is 5.41 Å². The van der Waals surface area contributed by atoms with Crippen molar-refractivity contribution in [3.8, 4) is 46.0 Å². The number of rotatable bonds is 32. The Labute approximate surface area is 660 Å². The van der Waals surface area contributed by atoms with E-state index < -0.39 is 98.3 Å². The molecule has 4 spiro atoms. The van der Waals surface area contributed by atoms with Crippen LogP contribution in [0.5, 0.6) is 46.0 Å². The first-order chi connectivity index (χ1) is 54.8. The first-order valence-corrected chi connectivity index (χ1v) is 42.0. The number of hydrogen-bond acceptors (Lipinski definition) is 24. The molecule has 20 rings (SSSR count). The lowest BCUT2D eigenvalue weighted by Crippen LogP contribution is -2.77. The van der Waals surface area contributed by atoms with E-state index in [-0.39, 0.29) is 126 Å². The van der Waals surface area contributed by atoms with Gasteiger partial charge in [0.05, 0.1) is 153 Å². The number of nitrogens with zero attached hydrogens (tertiary/aromatic N) is 4. The van der Waals surface area contributed by atoms with Crippen LogP contribution >= 0.6 is 0 Å². The molecular formula is C89H112N4O20. The van der Waals surface area contributed by atoms with Gasteiger partial charge in [0.25, 0.3) is 0 Å². The van der Waals surface area contributed by atoms with Gasteiger partial charge >= 0.3 is 0 Å². The number of likely N-dealkylation sites (tertiary alicyclic amines) is 4. The normalized spacial score (nSPS) is 38.8. The van der Waals surface area contributed by atoms with Gasteiger partial charge in [-0.2, -0.15) is 0 Å². The summed E-state index contributed by atoms with van der Waals surface area (Å²) >= 11 is 0. The Morgan fingerprint density at radius 3 is 0.796 bits per heavy atom. The summed E-state index contributed by atoms with van der Waals surface area (Å²) in [6.45, 7) is 23.5. The molecule has 24 nitrogen and oxygen atoms in total. The molecule has 8 N–H and O–H groups in total. The zero-order valence-electron chi connectivity index (χ0n) is 64.9. The molecule has 8 bridgehead atoms. The Bertz CT molecular complexity index is 3880. The number of aromatic hydroxyl groups is 4. The summed E-state index contributed by atoms with van der Waals surface area (Å²) in [7, 11) is 0. The number of phenols is 4. The van der Waals surface area contributed by atoms with Crippen LogP contribution in [0, 0.1) is 5.41 Å². The SMILES string of the molecule is C=CCN1CC[C@]23c4c5ccc(O)c4OC2C(OCCOCC(COCCOC2CC[C@@]4(O)C6Cc7ccc(O)c8c7[C@@]4(CCN6CC=C)C2O8)(COCCOC2CC[C@@]4(O)C6Cc7ccc(O)c8c7[C@@]4(CCN6CC=C)[C@H]2O8)COCCOC2CC[C@@]4(O)C6Cc7ccc(O)c8c7[C@@]4(CCN6CC=C)[C@H]2O8)CC[C@@]3(O)C1C5. The van der Waals surface area contributed by atoms with E-state index in [0.717, 1.165) is 70.7 Å². The first kappa shape index (κ1) is 75.4. The minimum atomic E-state index is -1.13. The molecule has 0 radical (unpaired) electrons. The second-order valence-corrected chi connectivity index (χ2v) is 36.0. The minimum absolute atomic E-state index is 0.0592. The van der Waals surface area contributed by atoms with Crippen molar-refractivity contribution in [2.75, 3.05) is 132 Å². The van der Waals surface area contributed by atoms with E-state index in [1.807, 2.05) is 48.6 Å². The minimum Gasteiger partial charge on any atom is -0.504 e. The average Bonchev–Trinajstić information content (AvgIpc) is 1.61. The van der Waals surface area contributed by atoms with E-state index in [4.69, 9.17) is 56.8 Å². The number of ether oxygens (including phenoxy) is 12. The summed E-state index contributed by atoms with van der Waals surface area (Å²) in [5.41, 5.74) is -0.736. The molecule has 4 aromatic rings. The van der Waals surface area contributed by atoms with Crippen molar-refractivity contribution in [3.63, 3.8) is 0 Å². The molecular weight excluding hydrogens is 1440 g/mol. The smallest absolute Gasteiger partial charge is 0.165 e. The number of piperidine rings is 4. The molecule has 113 heavy (non-hydrogen) atoms. The lowest BCUT2D eigenvalue weighted by molar-refractivity contribution is -0.217. The first-order valence-electron chi connectivity index (χ1n) is 42.0. The molecule has 608 valence electrons. The molecule has 4 saturated heterocycles. The maximum absolute atomic E-state index is 13.2. The van der Waals surface area contributed by atoms with Crippen LogP contribution in [-0.2, 0) is 85.2 Å². The van der Waals surface area contributed by atoms with E-state index >= 15 is 0 Å². The van der Waals surface area contributed by atoms with Gasteiger partial charge in [0.2, 0.25) is 0 Å². The van der Waals surface area contributed by atoms with Crippen LogP contribution in [0.25, 0.3) is 0 Å². The van der Waals surface area contributed by atoms with E-state index in [1.165, 1.54) is 0 Å². The maximum atomic E-state index is 13.2. The molecule has 10 unspecified atom stereocenters. The summed E-state index contributed by atoms with van der Waals surface area (Å²) in [6, 6.07) is 14.1. The fraction of sp³-hybridized carbons (Fsp3) is 0.640. The molecule has 8 aliphatic carbocycles. The van der Waals surface area contributed by atoms with Gasteiger partial charge in [-0.15, -0.1) is 26.3 Å². The van der Waals surface area contributed by atoms with Crippen molar-refractivity contribution in [3.05, 3.63) is 144 Å². The molecule has 8 heterocycles. The lowest BCUT2D eigenvalue weighted by Gasteiger charge is -2.64. The quantitative estimate of drug-likeness (QED) is 0.0190. The standard InChI is InChI=1S/C89H112N4O20/c1-5-29-90-33-25-82-69-53-9-13-57(94)73(69)110-77(82)61(17-21-86(82,98)65(90)45-53)106-41-37-102-49-81(50-103-38-42-107-62-18-22-87(99)66-46-54-10-14-58(95)74-70(54)83(87,78(62)111-74)26-34-91(66)30-6-2,51-104-39-43-108-63-19-23-88(100)67-47-55-11-15-59(96)75-71(55)84(88,79(63)112-75)27-35-92(67)31-7-3)52-105-40-44-109-64-20-24-89(101)68-48-56-12-16-60(97)76-72(56)85(89,80(64)113-76)28-36-93(68)32-8-4/h5-16,61-68,77-80,94-101H,1-4,17-52H2/t61?,62?,63?,64?,65?,66?,67?,68?,77-,78-,79?,80?,81?,82-,83-,84-,85-,86+,87+,88+,89+/m0/s1. The maximum Gasteiger partial charge on any atom is 0.165 e. The number of aliphatic hydroxyl groups is 4. The molecule has 4 aromatic carbocycles. The van der Waals surface area contributed by atoms with Gasteiger partial charge in [0, 0.05) is 72.6 Å². The van der Waals surface area contributed by atoms with Crippen molar-refractivity contribution in [1.29, 1.82) is 0 Å². The van der Waals surface area contributed by atoms with Crippen LogP contribution in [-0.4, -0.2) is 287 Å². The number of benzene rings is 4. The molecule has 8 fully saturated rings. The molecule has 20 atom stereocenters. The Morgan fingerprint density at radius 1 is 0.345 bits per heavy atom. The summed E-state index contributed by atoms with van der Waals surface area (Å²) in [4.78, 5) is 9.36. The lowest BCUT2D eigenvalue weighted by atomic mass is 9.48. The predicted molar refractivity (Wildman–Crippen MR) is 414 cm³/mol. The van der Waals surface area contributed by atoms with E-state index in [2.05, 4.69) is 45.9 Å². The van der Waals surface area contributed by atoms with Crippen LogP contribution in [0.3, 0.4) is 0 Å². The third kappa shape index (κ3) is 10.4. The van der Waals surface area contributed by atoms with Gasteiger partial charge < -0.3 is 97.7 Å². The molecule has 8 aliphatic heterocycles. The summed E-state index contributed by atoms with van der Waals surface area (Å²) in [6.07, 6.45) is 12.7. The highest BCUT2D eigenvalue weighted by molar-refractivity contribution is 5.67. The third-order valence-electron chi connectivity index (χ3n) is 31.4. The zero-order chi connectivity index (χ0) is 77.4. The summed E-state index contributed by atoms with van der Waals surface area (Å²) < 4.78 is 82.6. The fourth-order valence-corrected chi connectivity index (χ4v) is 27.0. The van der Waals surface area contributed by atoms with Crippen LogP contribution in [0.15, 0.2) is 99.2 Å². The highest BCUT2D eigenvalue weighted by Gasteiger charge is 2.78. The zero-order valence-corrected chi connectivity index (χ0v) is 64.9. The fourth-order valence-electron chi connectivity index (χ4n) is 27.0. The molecule has 0 amide bonds. The Balaban J connectivity index is 0.561. The van der Waals surface area contributed by atoms with Gasteiger partial charge in [-0.25, -0.2) is 0 Å². The second kappa shape index (κ2) is 27.9. The largest absolute Gasteiger partial charge is 0.504 e. The Hall–Kier alpha value is -6.40. The van der Waals surface area contributed by atoms with Gasteiger partial charge in [-0.3, -0.25) is 19.6 Å². The van der Waals surface area contributed by atoms with Gasteiger partial charge in [0.15, 0.2) is 46.0 Å². The predicted octanol–water partition coefficient (Wildman–Crippen LogP) is 6.56. The Kier molecular flexibility index (Phi) is 18.6. The molecule has 24 heteroatoms. The van der Waals surface area contributed by atoms with E-state index in [0.29, 0.717) is 152 Å². The topological polar surface area (TPSA) is 286 Å². The molecule has 16 aliphatic rings. The van der Waals surface area contributed by atoms with E-state index in [9.17, 15) is 40.9 Å². The van der Waals surface area contributed by atoms with Crippen molar-refractivity contribution in [1.82, 2.24) is 19.6 Å². The summed E-state index contributed by atoms with van der Waals surface area (Å²) in [5.74, 6) is 2.01. The van der Waals surface area contributed by atoms with Crippen molar-refractivity contribution in [2.45, 2.75) is 220 Å². The molecule has 4 saturated carbocycles. The number of hydrogen-bond donors (Lipinski definition) is 8. The van der Waals surface area contributed by atoms with Crippen LogP contribution in [0.2, 0.25) is 0 Å². The highest BCUT2D eigenvalue weighted by atomic mass is 16.6. The van der Waals surface area contributed by atoms with Gasteiger partial charge in [-0.1, -0.05) is 48.6 Å². The summed E-state index contributed by atoms with van der Waals surface area (Å²) in [5, 5.41) is 98.3. The average molecular weight is 1560 g/mol. The van der Waals surface area contributed by atoms with Crippen LogP contribution in [0.4, 0.5) is 0 Å². The van der Waals surface area contributed by atoms with Crippen LogP contribution < -0.4 is 18.9 Å².